The molecule has 8 nitrogen and oxygen atoms in total. The fourth-order valence-electron chi connectivity index (χ4n) is 2.35. The van der Waals surface area contributed by atoms with E-state index in [9.17, 15) is 18.0 Å². The van der Waals surface area contributed by atoms with Gasteiger partial charge in [-0.1, -0.05) is 17.7 Å². The Morgan fingerprint density at radius 3 is 2.10 bits per heavy atom. The van der Waals surface area contributed by atoms with Gasteiger partial charge in [-0.3, -0.25) is 14.3 Å². The lowest BCUT2D eigenvalue weighted by Gasteiger charge is -2.06. The topological polar surface area (TPSA) is 117 Å². The van der Waals surface area contributed by atoms with Crippen molar-refractivity contribution >= 4 is 49.7 Å². The Labute approximate surface area is 172 Å². The maximum absolute atomic E-state index is 12.4. The Morgan fingerprint density at radius 2 is 1.52 bits per heavy atom. The highest BCUT2D eigenvalue weighted by molar-refractivity contribution is 7.93. The molecule has 0 bridgehead atoms. The molecule has 29 heavy (non-hydrogen) atoms. The number of benzene rings is 2. The van der Waals surface area contributed by atoms with E-state index in [-0.39, 0.29) is 21.6 Å². The van der Waals surface area contributed by atoms with Gasteiger partial charge in [-0.25, -0.2) is 13.4 Å². The number of nitrogens with one attached hydrogen (secondary N) is 3. The van der Waals surface area contributed by atoms with Crippen molar-refractivity contribution in [2.24, 2.45) is 0 Å². The smallest absolute Gasteiger partial charge is 0.275 e. The van der Waals surface area contributed by atoms with E-state index in [1.54, 1.807) is 36.4 Å². The number of nitrogens with zero attached hydrogens (tertiary/aromatic N) is 1. The van der Waals surface area contributed by atoms with Crippen molar-refractivity contribution < 1.29 is 18.0 Å². The van der Waals surface area contributed by atoms with Gasteiger partial charge in [0, 0.05) is 23.7 Å². The lowest BCUT2D eigenvalue weighted by molar-refractivity contribution is -0.114. The number of hydrogen-bond acceptors (Lipinski definition) is 6. The van der Waals surface area contributed by atoms with Crippen LogP contribution in [0.3, 0.4) is 0 Å². The molecule has 150 valence electrons. The first kappa shape index (κ1) is 20.5. The zero-order chi connectivity index (χ0) is 21.0. The minimum absolute atomic E-state index is 0.0857. The molecule has 0 aliphatic carbocycles. The molecule has 3 N–H and O–H groups in total. The van der Waals surface area contributed by atoms with Gasteiger partial charge in [0.05, 0.1) is 4.90 Å². The van der Waals surface area contributed by atoms with Crippen LogP contribution in [0.1, 0.15) is 23.0 Å². The number of hydrogen-bond donors (Lipinski definition) is 3. The number of rotatable bonds is 6. The number of carbonyl (C=O) groups excluding carboxylic acids is 2. The lowest BCUT2D eigenvalue weighted by Crippen LogP contribution is -2.15. The van der Waals surface area contributed by atoms with Gasteiger partial charge in [0.1, 0.15) is 5.69 Å². The molecule has 2 aromatic carbocycles. The van der Waals surface area contributed by atoms with Crippen LogP contribution in [0.4, 0.5) is 16.5 Å². The molecular weight excluding hydrogens is 412 g/mol. The fourth-order valence-corrected chi connectivity index (χ4v) is 4.29. The van der Waals surface area contributed by atoms with Gasteiger partial charge in [-0.15, -0.1) is 11.3 Å². The van der Waals surface area contributed by atoms with Crippen molar-refractivity contribution in [1.82, 2.24) is 4.98 Å². The minimum Gasteiger partial charge on any atom is -0.326 e. The second-order valence-electron chi connectivity index (χ2n) is 6.17. The number of amides is 2. The van der Waals surface area contributed by atoms with Gasteiger partial charge >= 0.3 is 0 Å². The molecule has 0 radical (unpaired) electrons. The van der Waals surface area contributed by atoms with Gasteiger partial charge in [0.15, 0.2) is 5.13 Å². The molecule has 0 aliphatic heterocycles. The number of aryl methyl sites for hydroxylation is 1. The molecule has 0 spiro atoms. The first-order valence-corrected chi connectivity index (χ1v) is 10.8. The summed E-state index contributed by atoms with van der Waals surface area (Å²) in [6, 6.07) is 13.0. The van der Waals surface area contributed by atoms with E-state index < -0.39 is 15.9 Å². The Morgan fingerprint density at radius 1 is 0.931 bits per heavy atom. The third-order valence-electron chi connectivity index (χ3n) is 3.75. The predicted octanol–water partition coefficient (Wildman–Crippen LogP) is 3.46. The lowest BCUT2D eigenvalue weighted by atomic mass is 10.2. The van der Waals surface area contributed by atoms with Crippen LogP contribution >= 0.6 is 11.3 Å². The van der Waals surface area contributed by atoms with Crippen LogP contribution in [0.2, 0.25) is 0 Å². The van der Waals surface area contributed by atoms with Crippen LogP contribution in [0.5, 0.6) is 0 Å². The number of anilines is 3. The predicted molar refractivity (Wildman–Crippen MR) is 113 cm³/mol. The van der Waals surface area contributed by atoms with E-state index in [0.717, 1.165) is 16.9 Å². The molecule has 1 heterocycles. The maximum atomic E-state index is 12.4. The summed E-state index contributed by atoms with van der Waals surface area (Å²) in [4.78, 5) is 27.5. The molecule has 1 aromatic heterocycles. The number of sulfonamides is 1. The molecule has 0 fully saturated rings. The van der Waals surface area contributed by atoms with Crippen molar-refractivity contribution in [3.05, 3.63) is 65.2 Å². The SMILES string of the molecule is CC(=O)Nc1ccc(NC(=O)c2csc(NS(=O)(=O)c3ccc(C)cc3)n2)cc1. The summed E-state index contributed by atoms with van der Waals surface area (Å²) in [5, 5.41) is 6.86. The van der Waals surface area contributed by atoms with Gasteiger partial charge < -0.3 is 10.6 Å². The van der Waals surface area contributed by atoms with Crippen LogP contribution in [-0.4, -0.2) is 25.2 Å². The average Bonchev–Trinajstić information content (AvgIpc) is 3.11. The summed E-state index contributed by atoms with van der Waals surface area (Å²) in [6.45, 7) is 3.27. The number of carbonyl (C=O) groups is 2. The van der Waals surface area contributed by atoms with Gasteiger partial charge in [0.2, 0.25) is 5.91 Å². The van der Waals surface area contributed by atoms with Gasteiger partial charge in [-0.05, 0) is 43.3 Å². The Kier molecular flexibility index (Phi) is 5.95. The average molecular weight is 431 g/mol. The Bertz CT molecular complexity index is 1140. The largest absolute Gasteiger partial charge is 0.326 e. The zero-order valence-electron chi connectivity index (χ0n) is 15.6. The van der Waals surface area contributed by atoms with E-state index >= 15 is 0 Å². The van der Waals surface area contributed by atoms with Crippen LogP contribution in [0, 0.1) is 6.92 Å². The molecule has 2 amide bonds. The molecule has 0 aliphatic rings. The fraction of sp³-hybridized carbons (Fsp3) is 0.105. The third kappa shape index (κ3) is 5.39. The molecule has 0 unspecified atom stereocenters. The van der Waals surface area contributed by atoms with Crippen LogP contribution in [-0.2, 0) is 14.8 Å². The van der Waals surface area contributed by atoms with E-state index in [2.05, 4.69) is 20.3 Å². The van der Waals surface area contributed by atoms with Crippen LogP contribution < -0.4 is 15.4 Å². The highest BCUT2D eigenvalue weighted by Crippen LogP contribution is 2.21. The monoisotopic (exact) mass is 430 g/mol. The Balaban J connectivity index is 1.66. The quantitative estimate of drug-likeness (QED) is 0.554. The Hall–Kier alpha value is -3.24. The molecule has 3 aromatic rings. The second kappa shape index (κ2) is 8.41. The van der Waals surface area contributed by atoms with Gasteiger partial charge in [0.25, 0.3) is 15.9 Å². The summed E-state index contributed by atoms with van der Waals surface area (Å²) in [5.41, 5.74) is 2.15. The highest BCUT2D eigenvalue weighted by atomic mass is 32.2. The van der Waals surface area contributed by atoms with Crippen molar-refractivity contribution in [2.45, 2.75) is 18.7 Å². The van der Waals surface area contributed by atoms with E-state index in [0.29, 0.717) is 11.4 Å². The number of aromatic nitrogens is 1. The third-order valence-corrected chi connectivity index (χ3v) is 5.99. The first-order chi connectivity index (χ1) is 13.7. The van der Waals surface area contributed by atoms with E-state index in [1.807, 2.05) is 6.92 Å². The zero-order valence-corrected chi connectivity index (χ0v) is 17.2. The summed E-state index contributed by atoms with van der Waals surface area (Å²) in [7, 11) is -3.78. The van der Waals surface area contributed by atoms with Crippen LogP contribution in [0.25, 0.3) is 0 Å². The van der Waals surface area contributed by atoms with Crippen molar-refractivity contribution in [1.29, 1.82) is 0 Å². The molecule has 10 heteroatoms. The maximum Gasteiger partial charge on any atom is 0.275 e. The molecule has 0 saturated carbocycles. The second-order valence-corrected chi connectivity index (χ2v) is 8.71. The van der Waals surface area contributed by atoms with Crippen molar-refractivity contribution in [3.63, 3.8) is 0 Å². The normalized spacial score (nSPS) is 11.0. The molecule has 0 saturated heterocycles. The highest BCUT2D eigenvalue weighted by Gasteiger charge is 2.18. The van der Waals surface area contributed by atoms with Gasteiger partial charge in [-0.2, -0.15) is 0 Å². The molecule has 3 rings (SSSR count). The van der Waals surface area contributed by atoms with Crippen molar-refractivity contribution in [2.75, 3.05) is 15.4 Å². The number of thiazole rings is 1. The molecule has 0 atom stereocenters. The summed E-state index contributed by atoms with van der Waals surface area (Å²) < 4.78 is 27.2. The summed E-state index contributed by atoms with van der Waals surface area (Å²) in [6.07, 6.45) is 0. The molecular formula is C19H18N4O4S2. The summed E-state index contributed by atoms with van der Waals surface area (Å²) in [5.74, 6) is -0.667. The standard InChI is InChI=1S/C19H18N4O4S2/c1-12-3-9-16(10-4-12)29(26,27)23-19-22-17(11-28-19)18(25)21-15-7-5-14(6-8-15)20-13(2)24/h3-11H,1-2H3,(H,20,24)(H,21,25)(H,22,23). The summed E-state index contributed by atoms with van der Waals surface area (Å²) >= 11 is 1.01. The van der Waals surface area contributed by atoms with E-state index in [1.165, 1.54) is 24.4 Å². The van der Waals surface area contributed by atoms with Crippen molar-refractivity contribution in [3.8, 4) is 0 Å². The minimum atomic E-state index is -3.78. The first-order valence-electron chi connectivity index (χ1n) is 8.47. The van der Waals surface area contributed by atoms with Crippen LogP contribution in [0.15, 0.2) is 58.8 Å². The van der Waals surface area contributed by atoms with E-state index in [4.69, 9.17) is 0 Å².